The second-order valence-electron chi connectivity index (χ2n) is 8.40. The molecule has 7 heteroatoms. The molecule has 1 aliphatic carbocycles. The first-order chi connectivity index (χ1) is 13.4. The first kappa shape index (κ1) is 18.8. The molecule has 0 radical (unpaired) electrons. The molecule has 1 aliphatic rings. The summed E-state index contributed by atoms with van der Waals surface area (Å²) in [4.78, 5) is 22.9. The lowest BCUT2D eigenvalue weighted by atomic mass is 9.73. The van der Waals surface area contributed by atoms with E-state index in [1.54, 1.807) is 22.3 Å². The zero-order valence-electron chi connectivity index (χ0n) is 16.5. The largest absolute Gasteiger partial charge is 0.298 e. The number of nitrogens with one attached hydrogen (secondary N) is 1. The van der Waals surface area contributed by atoms with E-state index >= 15 is 0 Å². The van der Waals surface area contributed by atoms with Gasteiger partial charge in [0.25, 0.3) is 5.91 Å². The molecule has 3 aromatic rings. The Hall–Kier alpha value is -2.54. The highest BCUT2D eigenvalue weighted by Crippen LogP contribution is 2.40. The van der Waals surface area contributed by atoms with Crippen LogP contribution in [-0.4, -0.2) is 25.7 Å². The van der Waals surface area contributed by atoms with Crippen LogP contribution in [0.3, 0.4) is 0 Å². The van der Waals surface area contributed by atoms with Gasteiger partial charge in [-0.2, -0.15) is 5.10 Å². The minimum atomic E-state index is -0.130. The zero-order valence-corrected chi connectivity index (χ0v) is 17.3. The molecular weight excluding hydrogens is 370 g/mol. The van der Waals surface area contributed by atoms with Crippen LogP contribution in [0.25, 0.3) is 0 Å². The summed E-state index contributed by atoms with van der Waals surface area (Å²) in [5, 5.41) is 7.84. The van der Waals surface area contributed by atoms with Crippen LogP contribution in [0.5, 0.6) is 0 Å². The van der Waals surface area contributed by atoms with Gasteiger partial charge in [0.15, 0.2) is 5.13 Å². The first-order valence-electron chi connectivity index (χ1n) is 9.60. The molecule has 0 saturated carbocycles. The van der Waals surface area contributed by atoms with E-state index in [1.807, 2.05) is 24.3 Å². The number of hydrogen-bond acceptors (Lipinski definition) is 5. The van der Waals surface area contributed by atoms with E-state index in [0.29, 0.717) is 28.6 Å². The predicted octanol–water partition coefficient (Wildman–Crippen LogP) is 4.19. The number of aromatic nitrogens is 4. The third-order valence-electron chi connectivity index (χ3n) is 5.45. The molecule has 1 amide bonds. The van der Waals surface area contributed by atoms with Gasteiger partial charge in [0.2, 0.25) is 0 Å². The van der Waals surface area contributed by atoms with Crippen LogP contribution in [0, 0.1) is 11.3 Å². The van der Waals surface area contributed by atoms with Crippen LogP contribution in [0.4, 0.5) is 5.13 Å². The van der Waals surface area contributed by atoms with Crippen LogP contribution in [0.1, 0.15) is 53.7 Å². The third-order valence-corrected chi connectivity index (χ3v) is 6.48. The summed E-state index contributed by atoms with van der Waals surface area (Å²) in [7, 11) is 0. The molecular formula is C21H25N5OS. The molecule has 6 nitrogen and oxygen atoms in total. The van der Waals surface area contributed by atoms with Gasteiger partial charge in [-0.05, 0) is 42.2 Å². The van der Waals surface area contributed by atoms with Crippen molar-refractivity contribution in [1.29, 1.82) is 0 Å². The van der Waals surface area contributed by atoms with Gasteiger partial charge < -0.3 is 0 Å². The number of carbonyl (C=O) groups excluding carboxylic acids is 1. The number of thiazole rings is 1. The first-order valence-corrected chi connectivity index (χ1v) is 10.4. The fourth-order valence-corrected chi connectivity index (χ4v) is 4.78. The Morgan fingerprint density at radius 2 is 2.14 bits per heavy atom. The maximum Gasteiger partial charge on any atom is 0.257 e. The lowest BCUT2D eigenvalue weighted by molar-refractivity contribution is 0.102. The average molecular weight is 396 g/mol. The quantitative estimate of drug-likeness (QED) is 0.719. The van der Waals surface area contributed by atoms with E-state index in [-0.39, 0.29) is 5.91 Å². The molecule has 2 aromatic heterocycles. The molecule has 0 unspecified atom stereocenters. The summed E-state index contributed by atoms with van der Waals surface area (Å²) in [6.07, 6.45) is 6.35. The molecule has 0 spiro atoms. The van der Waals surface area contributed by atoms with Crippen LogP contribution >= 0.6 is 11.3 Å². The van der Waals surface area contributed by atoms with Crippen molar-refractivity contribution in [2.45, 2.75) is 46.6 Å². The molecule has 1 aromatic carbocycles. The van der Waals surface area contributed by atoms with Crippen molar-refractivity contribution >= 4 is 22.4 Å². The highest BCUT2D eigenvalue weighted by Gasteiger charge is 2.31. The second kappa shape index (κ2) is 7.47. The van der Waals surface area contributed by atoms with Gasteiger partial charge in [-0.15, -0.1) is 11.3 Å². The minimum absolute atomic E-state index is 0.130. The summed E-state index contributed by atoms with van der Waals surface area (Å²) in [6.45, 7) is 7.42. The Morgan fingerprint density at radius 3 is 2.89 bits per heavy atom. The van der Waals surface area contributed by atoms with E-state index in [2.05, 4.69) is 36.2 Å². The molecule has 1 N–H and O–H groups in total. The van der Waals surface area contributed by atoms with E-state index in [0.717, 1.165) is 30.5 Å². The molecule has 146 valence electrons. The highest BCUT2D eigenvalue weighted by molar-refractivity contribution is 7.15. The maximum absolute atomic E-state index is 12.9. The van der Waals surface area contributed by atoms with Gasteiger partial charge in [-0.3, -0.25) is 10.1 Å². The van der Waals surface area contributed by atoms with E-state index in [4.69, 9.17) is 4.98 Å². The van der Waals surface area contributed by atoms with Crippen molar-refractivity contribution in [2.75, 3.05) is 5.32 Å². The van der Waals surface area contributed by atoms with Gasteiger partial charge in [-0.1, -0.05) is 39.0 Å². The normalized spacial score (nSPS) is 16.6. The number of anilines is 1. The number of amides is 1. The van der Waals surface area contributed by atoms with Gasteiger partial charge >= 0.3 is 0 Å². The molecule has 0 fully saturated rings. The van der Waals surface area contributed by atoms with Crippen molar-refractivity contribution in [3.05, 3.63) is 58.6 Å². The van der Waals surface area contributed by atoms with Gasteiger partial charge in [-0.25, -0.2) is 14.6 Å². The lowest BCUT2D eigenvalue weighted by Crippen LogP contribution is -2.26. The average Bonchev–Trinajstić information content (AvgIpc) is 3.29. The monoisotopic (exact) mass is 395 g/mol. The molecule has 4 rings (SSSR count). The Morgan fingerprint density at radius 1 is 1.32 bits per heavy atom. The predicted molar refractivity (Wildman–Crippen MR) is 111 cm³/mol. The number of fused-ring (bicyclic) bond motifs is 1. The van der Waals surface area contributed by atoms with Crippen molar-refractivity contribution < 1.29 is 4.79 Å². The Kier molecular flexibility index (Phi) is 5.02. The Labute approximate surface area is 169 Å². The number of aryl methyl sites for hydroxylation is 1. The molecule has 1 atom stereocenters. The fraction of sp³-hybridized carbons (Fsp3) is 0.429. The van der Waals surface area contributed by atoms with E-state index in [9.17, 15) is 4.79 Å². The Bertz CT molecular complexity index is 971. The SMILES string of the molecule is CC(C)(C)[C@H]1CCc2nc(NC(=O)c3ccccc3Cn3cncn3)sc2C1. The summed E-state index contributed by atoms with van der Waals surface area (Å²) < 4.78 is 1.71. The van der Waals surface area contributed by atoms with Crippen molar-refractivity contribution in [3.8, 4) is 0 Å². The van der Waals surface area contributed by atoms with Crippen LogP contribution in [0.2, 0.25) is 0 Å². The number of hydrogen-bond donors (Lipinski definition) is 1. The Balaban J connectivity index is 1.50. The molecule has 0 aliphatic heterocycles. The number of rotatable bonds is 4. The summed E-state index contributed by atoms with van der Waals surface area (Å²) in [5.41, 5.74) is 2.99. The smallest absolute Gasteiger partial charge is 0.257 e. The van der Waals surface area contributed by atoms with Gasteiger partial charge in [0.1, 0.15) is 12.7 Å². The highest BCUT2D eigenvalue weighted by atomic mass is 32.1. The standard InChI is InChI=1S/C21H25N5OS/c1-21(2,3)15-8-9-17-18(10-15)28-20(24-17)25-19(27)16-7-5-4-6-14(16)11-26-13-22-12-23-26/h4-7,12-13,15H,8-11H2,1-3H3,(H,24,25,27)/t15-/m0/s1. The van der Waals surface area contributed by atoms with E-state index in [1.165, 1.54) is 11.2 Å². The molecule has 0 saturated heterocycles. The van der Waals surface area contributed by atoms with Crippen LogP contribution in [-0.2, 0) is 19.4 Å². The van der Waals surface area contributed by atoms with Crippen LogP contribution in [0.15, 0.2) is 36.9 Å². The third kappa shape index (κ3) is 3.99. The summed E-state index contributed by atoms with van der Waals surface area (Å²) in [6, 6.07) is 7.58. The minimum Gasteiger partial charge on any atom is -0.298 e. The zero-order chi connectivity index (χ0) is 19.7. The van der Waals surface area contributed by atoms with Crippen molar-refractivity contribution in [1.82, 2.24) is 19.7 Å². The summed E-state index contributed by atoms with van der Waals surface area (Å²) >= 11 is 1.62. The molecule has 0 bridgehead atoms. The lowest BCUT2D eigenvalue weighted by Gasteiger charge is -2.33. The fourth-order valence-electron chi connectivity index (χ4n) is 3.70. The van der Waals surface area contributed by atoms with Gasteiger partial charge in [0, 0.05) is 10.4 Å². The summed E-state index contributed by atoms with van der Waals surface area (Å²) in [5.74, 6) is 0.529. The molecule has 28 heavy (non-hydrogen) atoms. The van der Waals surface area contributed by atoms with Gasteiger partial charge in [0.05, 0.1) is 12.2 Å². The van der Waals surface area contributed by atoms with Crippen molar-refractivity contribution in [2.24, 2.45) is 11.3 Å². The van der Waals surface area contributed by atoms with E-state index < -0.39 is 0 Å². The maximum atomic E-state index is 12.9. The van der Waals surface area contributed by atoms with Crippen molar-refractivity contribution in [3.63, 3.8) is 0 Å². The van der Waals surface area contributed by atoms with Crippen LogP contribution < -0.4 is 5.32 Å². The molecule has 2 heterocycles. The number of benzene rings is 1. The topological polar surface area (TPSA) is 72.7 Å². The number of nitrogens with zero attached hydrogens (tertiary/aromatic N) is 4. The second-order valence-corrected chi connectivity index (χ2v) is 9.48. The number of carbonyl (C=O) groups is 1.